The molecule has 0 aliphatic carbocycles. The van der Waals surface area contributed by atoms with Gasteiger partial charge in [-0.2, -0.15) is 0 Å². The van der Waals surface area contributed by atoms with Crippen LogP contribution in [0.2, 0.25) is 5.02 Å². The summed E-state index contributed by atoms with van der Waals surface area (Å²) in [6, 6.07) is 14.1. The molecule has 2 rings (SSSR count). The number of ether oxygens (including phenoxy) is 1. The highest BCUT2D eigenvalue weighted by atomic mass is 35.5. The molecule has 112 valence electrons. The van der Waals surface area contributed by atoms with Crippen LogP contribution in [0.15, 0.2) is 48.5 Å². The first-order valence-electron chi connectivity index (χ1n) is 6.62. The summed E-state index contributed by atoms with van der Waals surface area (Å²) in [6.07, 6.45) is 0. The van der Waals surface area contributed by atoms with Crippen LogP contribution in [0.25, 0.3) is 0 Å². The number of nitrogens with one attached hydrogen (secondary N) is 2. The standard InChI is InChI=1S/C17H15ClN2O2/c1-22-16-11-5-4-10-15(16)20-17(21)19-12-6-8-13-7-2-3-9-14(13)18/h2-5,7,9-11H,12H2,1H3,(H2,19,20,21). The van der Waals surface area contributed by atoms with Crippen LogP contribution in [0.4, 0.5) is 10.5 Å². The fraction of sp³-hybridized carbons (Fsp3) is 0.118. The van der Waals surface area contributed by atoms with E-state index in [1.54, 1.807) is 25.3 Å². The van der Waals surface area contributed by atoms with E-state index in [1.165, 1.54) is 0 Å². The molecule has 0 aliphatic heterocycles. The predicted octanol–water partition coefficient (Wildman–Crippen LogP) is 3.52. The molecule has 0 atom stereocenters. The smallest absolute Gasteiger partial charge is 0.320 e. The average molecular weight is 315 g/mol. The lowest BCUT2D eigenvalue weighted by Gasteiger charge is -2.09. The molecule has 0 aromatic heterocycles. The van der Waals surface area contributed by atoms with Crippen LogP contribution < -0.4 is 15.4 Å². The van der Waals surface area contributed by atoms with Crippen LogP contribution >= 0.6 is 11.6 Å². The van der Waals surface area contributed by atoms with Gasteiger partial charge in [0.15, 0.2) is 0 Å². The highest BCUT2D eigenvalue weighted by molar-refractivity contribution is 6.31. The SMILES string of the molecule is COc1ccccc1NC(=O)NCC#Cc1ccccc1Cl. The number of benzene rings is 2. The second-order valence-corrected chi connectivity index (χ2v) is 4.70. The van der Waals surface area contributed by atoms with Crippen LogP contribution in [0.1, 0.15) is 5.56 Å². The molecule has 0 radical (unpaired) electrons. The number of carbonyl (C=O) groups excluding carboxylic acids is 1. The third-order valence-electron chi connectivity index (χ3n) is 2.79. The molecule has 0 unspecified atom stereocenters. The first-order valence-corrected chi connectivity index (χ1v) is 7.00. The second kappa shape index (κ2) is 7.96. The summed E-state index contributed by atoms with van der Waals surface area (Å²) in [4.78, 5) is 11.8. The van der Waals surface area contributed by atoms with Gasteiger partial charge in [0, 0.05) is 5.56 Å². The Morgan fingerprint density at radius 2 is 1.91 bits per heavy atom. The second-order valence-electron chi connectivity index (χ2n) is 4.29. The van der Waals surface area contributed by atoms with E-state index in [2.05, 4.69) is 22.5 Å². The highest BCUT2D eigenvalue weighted by Gasteiger charge is 2.04. The van der Waals surface area contributed by atoms with E-state index in [1.807, 2.05) is 30.3 Å². The zero-order valence-corrected chi connectivity index (χ0v) is 12.8. The molecule has 0 heterocycles. The fourth-order valence-corrected chi connectivity index (χ4v) is 1.92. The van der Waals surface area contributed by atoms with Crippen molar-refractivity contribution in [2.45, 2.75) is 0 Å². The number of carbonyl (C=O) groups is 1. The summed E-state index contributed by atoms with van der Waals surface area (Å²) in [5.41, 5.74) is 1.33. The maximum atomic E-state index is 11.8. The molecule has 0 bridgehead atoms. The van der Waals surface area contributed by atoms with E-state index in [4.69, 9.17) is 16.3 Å². The Hall–Kier alpha value is -2.64. The third kappa shape index (κ3) is 4.44. The van der Waals surface area contributed by atoms with Gasteiger partial charge in [-0.25, -0.2) is 4.79 Å². The van der Waals surface area contributed by atoms with Crippen molar-refractivity contribution in [3.63, 3.8) is 0 Å². The first-order chi connectivity index (χ1) is 10.7. The van der Waals surface area contributed by atoms with E-state index in [9.17, 15) is 4.79 Å². The minimum absolute atomic E-state index is 0.214. The quantitative estimate of drug-likeness (QED) is 0.852. The normalized spacial score (nSPS) is 9.36. The zero-order valence-electron chi connectivity index (χ0n) is 12.0. The Morgan fingerprint density at radius 3 is 2.68 bits per heavy atom. The third-order valence-corrected chi connectivity index (χ3v) is 3.12. The molecule has 5 heteroatoms. The summed E-state index contributed by atoms with van der Waals surface area (Å²) < 4.78 is 5.16. The van der Waals surface area contributed by atoms with E-state index >= 15 is 0 Å². The minimum atomic E-state index is -0.349. The number of urea groups is 1. The largest absolute Gasteiger partial charge is 0.495 e. The highest BCUT2D eigenvalue weighted by Crippen LogP contribution is 2.22. The maximum Gasteiger partial charge on any atom is 0.320 e. The molecular weight excluding hydrogens is 300 g/mol. The van der Waals surface area contributed by atoms with Gasteiger partial charge >= 0.3 is 6.03 Å². The number of methoxy groups -OCH3 is 1. The summed E-state index contributed by atoms with van der Waals surface area (Å²) >= 11 is 5.99. The summed E-state index contributed by atoms with van der Waals surface area (Å²) in [5.74, 6) is 6.35. The van der Waals surface area contributed by atoms with Gasteiger partial charge in [0.25, 0.3) is 0 Å². The first kappa shape index (κ1) is 15.7. The molecule has 2 N–H and O–H groups in total. The Kier molecular flexibility index (Phi) is 5.70. The van der Waals surface area contributed by atoms with Crippen molar-refractivity contribution in [1.29, 1.82) is 0 Å². The van der Waals surface area contributed by atoms with Crippen LogP contribution in [0.5, 0.6) is 5.75 Å². The van der Waals surface area contributed by atoms with Crippen LogP contribution in [0.3, 0.4) is 0 Å². The Morgan fingerprint density at radius 1 is 1.18 bits per heavy atom. The molecule has 0 saturated heterocycles. The van der Waals surface area contributed by atoms with E-state index in [0.29, 0.717) is 16.5 Å². The topological polar surface area (TPSA) is 50.4 Å². The molecule has 0 aliphatic rings. The molecular formula is C17H15ClN2O2. The van der Waals surface area contributed by atoms with Gasteiger partial charge < -0.3 is 15.4 Å². The van der Waals surface area contributed by atoms with Gasteiger partial charge in [0.2, 0.25) is 0 Å². The van der Waals surface area contributed by atoms with Crippen molar-refractivity contribution in [2.24, 2.45) is 0 Å². The number of anilines is 1. The lowest BCUT2D eigenvalue weighted by molar-refractivity contribution is 0.253. The van der Waals surface area contributed by atoms with E-state index in [-0.39, 0.29) is 12.6 Å². The summed E-state index contributed by atoms with van der Waals surface area (Å²) in [6.45, 7) is 0.214. The monoisotopic (exact) mass is 314 g/mol. The molecule has 0 spiro atoms. The molecule has 2 aromatic rings. The predicted molar refractivity (Wildman–Crippen MR) is 88.3 cm³/mol. The fourth-order valence-electron chi connectivity index (χ4n) is 1.74. The number of amides is 2. The Labute approximate surface area is 134 Å². The molecule has 0 saturated carbocycles. The van der Waals surface area contributed by atoms with Crippen molar-refractivity contribution in [1.82, 2.24) is 5.32 Å². The number of halogens is 1. The number of rotatable bonds is 3. The molecule has 4 nitrogen and oxygen atoms in total. The van der Waals surface area contributed by atoms with Crippen molar-refractivity contribution < 1.29 is 9.53 Å². The lowest BCUT2D eigenvalue weighted by Crippen LogP contribution is -2.29. The summed E-state index contributed by atoms with van der Waals surface area (Å²) in [5, 5.41) is 5.94. The maximum absolute atomic E-state index is 11.8. The van der Waals surface area contributed by atoms with Gasteiger partial charge in [-0.3, -0.25) is 0 Å². The van der Waals surface area contributed by atoms with Crippen molar-refractivity contribution >= 4 is 23.3 Å². The minimum Gasteiger partial charge on any atom is -0.495 e. The molecule has 22 heavy (non-hydrogen) atoms. The average Bonchev–Trinajstić information content (AvgIpc) is 2.53. The van der Waals surface area contributed by atoms with Crippen molar-refractivity contribution in [3.05, 3.63) is 59.1 Å². The number of para-hydroxylation sites is 2. The van der Waals surface area contributed by atoms with E-state index in [0.717, 1.165) is 5.56 Å². The van der Waals surface area contributed by atoms with E-state index < -0.39 is 0 Å². The Bertz CT molecular complexity index is 720. The van der Waals surface area contributed by atoms with Crippen LogP contribution in [0, 0.1) is 11.8 Å². The molecule has 2 amide bonds. The zero-order chi connectivity index (χ0) is 15.8. The molecule has 2 aromatic carbocycles. The van der Waals surface area contributed by atoms with Gasteiger partial charge in [0.1, 0.15) is 5.75 Å². The van der Waals surface area contributed by atoms with Crippen LogP contribution in [-0.2, 0) is 0 Å². The van der Waals surface area contributed by atoms with Gasteiger partial charge in [0.05, 0.1) is 24.4 Å². The van der Waals surface area contributed by atoms with Gasteiger partial charge in [-0.05, 0) is 24.3 Å². The number of hydrogen-bond donors (Lipinski definition) is 2. The lowest BCUT2D eigenvalue weighted by atomic mass is 10.2. The van der Waals surface area contributed by atoms with Crippen LogP contribution in [-0.4, -0.2) is 19.7 Å². The summed E-state index contributed by atoms with van der Waals surface area (Å²) in [7, 11) is 1.55. The van der Waals surface area contributed by atoms with Crippen molar-refractivity contribution in [2.75, 3.05) is 19.0 Å². The molecule has 0 fully saturated rings. The number of hydrogen-bond acceptors (Lipinski definition) is 2. The Balaban J connectivity index is 1.88. The van der Waals surface area contributed by atoms with Crippen molar-refractivity contribution in [3.8, 4) is 17.6 Å². The van der Waals surface area contributed by atoms with Gasteiger partial charge in [-0.1, -0.05) is 47.7 Å². The van der Waals surface area contributed by atoms with Gasteiger partial charge in [-0.15, -0.1) is 0 Å².